The predicted octanol–water partition coefficient (Wildman–Crippen LogP) is 1.69. The first-order valence-electron chi connectivity index (χ1n) is 5.61. The number of carbonyl (C=O) groups is 2. The molecule has 2 rings (SSSR count). The minimum atomic E-state index is -0.305. The minimum Gasteiger partial charge on any atom is -0.326 e. The standard InChI is InChI=1S/C13H12N4O2/c1-9(18)16-11-5-3-10(4-6-11)12(19)17-13-14-7-2-8-15-13/h2-8H,1H3,(H,16,18)(H,14,15,17,19). The van der Waals surface area contributed by atoms with Crippen molar-refractivity contribution in [3.8, 4) is 0 Å². The molecular weight excluding hydrogens is 244 g/mol. The monoisotopic (exact) mass is 256 g/mol. The first-order valence-corrected chi connectivity index (χ1v) is 5.61. The lowest BCUT2D eigenvalue weighted by molar-refractivity contribution is -0.114. The molecule has 0 radical (unpaired) electrons. The number of nitrogens with one attached hydrogen (secondary N) is 2. The van der Waals surface area contributed by atoms with Crippen molar-refractivity contribution in [2.75, 3.05) is 10.6 Å². The van der Waals surface area contributed by atoms with Crippen molar-refractivity contribution >= 4 is 23.5 Å². The number of anilines is 2. The molecule has 2 N–H and O–H groups in total. The van der Waals surface area contributed by atoms with E-state index in [9.17, 15) is 9.59 Å². The molecule has 1 aromatic heterocycles. The zero-order valence-corrected chi connectivity index (χ0v) is 10.3. The summed E-state index contributed by atoms with van der Waals surface area (Å²) in [6.07, 6.45) is 3.09. The van der Waals surface area contributed by atoms with Gasteiger partial charge in [0.05, 0.1) is 0 Å². The van der Waals surface area contributed by atoms with Crippen LogP contribution in [0.3, 0.4) is 0 Å². The third-order valence-corrected chi connectivity index (χ3v) is 2.26. The number of amides is 2. The van der Waals surface area contributed by atoms with Crippen LogP contribution in [0.2, 0.25) is 0 Å². The van der Waals surface area contributed by atoms with Crippen molar-refractivity contribution in [3.63, 3.8) is 0 Å². The summed E-state index contributed by atoms with van der Waals surface area (Å²) < 4.78 is 0. The summed E-state index contributed by atoms with van der Waals surface area (Å²) >= 11 is 0. The fourth-order valence-electron chi connectivity index (χ4n) is 1.45. The van der Waals surface area contributed by atoms with Crippen LogP contribution < -0.4 is 10.6 Å². The van der Waals surface area contributed by atoms with Gasteiger partial charge in [-0.15, -0.1) is 0 Å². The van der Waals surface area contributed by atoms with Crippen LogP contribution in [-0.2, 0) is 4.79 Å². The van der Waals surface area contributed by atoms with Gasteiger partial charge >= 0.3 is 0 Å². The van der Waals surface area contributed by atoms with E-state index in [1.165, 1.54) is 6.92 Å². The molecule has 2 amide bonds. The first-order chi connectivity index (χ1) is 9.15. The average Bonchev–Trinajstić information content (AvgIpc) is 2.40. The van der Waals surface area contributed by atoms with Crippen molar-refractivity contribution < 1.29 is 9.59 Å². The van der Waals surface area contributed by atoms with Gasteiger partial charge in [0, 0.05) is 30.6 Å². The largest absolute Gasteiger partial charge is 0.326 e. The molecule has 0 atom stereocenters. The van der Waals surface area contributed by atoms with Gasteiger partial charge in [0.25, 0.3) is 5.91 Å². The van der Waals surface area contributed by atoms with Crippen LogP contribution in [0.1, 0.15) is 17.3 Å². The Morgan fingerprint density at radius 2 is 1.63 bits per heavy atom. The van der Waals surface area contributed by atoms with Crippen LogP contribution >= 0.6 is 0 Å². The van der Waals surface area contributed by atoms with Gasteiger partial charge in [-0.3, -0.25) is 14.9 Å². The Morgan fingerprint density at radius 3 is 2.21 bits per heavy atom. The van der Waals surface area contributed by atoms with Crippen molar-refractivity contribution in [3.05, 3.63) is 48.3 Å². The number of benzene rings is 1. The lowest BCUT2D eigenvalue weighted by atomic mass is 10.2. The van der Waals surface area contributed by atoms with Crippen molar-refractivity contribution in [1.82, 2.24) is 9.97 Å². The van der Waals surface area contributed by atoms with E-state index in [0.717, 1.165) is 0 Å². The second kappa shape index (κ2) is 5.72. The minimum absolute atomic E-state index is 0.158. The van der Waals surface area contributed by atoms with E-state index in [-0.39, 0.29) is 17.8 Å². The van der Waals surface area contributed by atoms with E-state index >= 15 is 0 Å². The summed E-state index contributed by atoms with van der Waals surface area (Å²) in [6.45, 7) is 1.42. The normalized spacial score (nSPS) is 9.74. The van der Waals surface area contributed by atoms with E-state index < -0.39 is 0 Å². The van der Waals surface area contributed by atoms with Crippen molar-refractivity contribution in [2.24, 2.45) is 0 Å². The number of aromatic nitrogens is 2. The molecule has 1 aromatic carbocycles. The Hall–Kier alpha value is -2.76. The average molecular weight is 256 g/mol. The predicted molar refractivity (Wildman–Crippen MR) is 70.7 cm³/mol. The number of hydrogen-bond donors (Lipinski definition) is 2. The summed E-state index contributed by atoms with van der Waals surface area (Å²) in [4.78, 5) is 30.5. The molecule has 0 aliphatic carbocycles. The van der Waals surface area contributed by atoms with Gasteiger partial charge in [-0.2, -0.15) is 0 Å². The second-order valence-corrected chi connectivity index (χ2v) is 3.79. The Balaban J connectivity index is 2.05. The van der Waals surface area contributed by atoms with Crippen LogP contribution in [0.25, 0.3) is 0 Å². The number of nitrogens with zero attached hydrogens (tertiary/aromatic N) is 2. The molecule has 1 heterocycles. The molecule has 0 saturated carbocycles. The maximum absolute atomic E-state index is 11.9. The van der Waals surface area contributed by atoms with E-state index in [0.29, 0.717) is 11.3 Å². The topological polar surface area (TPSA) is 84.0 Å². The molecule has 6 heteroatoms. The molecule has 0 bridgehead atoms. The van der Waals surface area contributed by atoms with E-state index in [4.69, 9.17) is 0 Å². The highest BCUT2D eigenvalue weighted by Crippen LogP contribution is 2.10. The van der Waals surface area contributed by atoms with Crippen LogP contribution in [-0.4, -0.2) is 21.8 Å². The Morgan fingerprint density at radius 1 is 1.00 bits per heavy atom. The molecule has 19 heavy (non-hydrogen) atoms. The fourth-order valence-corrected chi connectivity index (χ4v) is 1.45. The highest BCUT2D eigenvalue weighted by atomic mass is 16.2. The third kappa shape index (κ3) is 3.60. The molecule has 6 nitrogen and oxygen atoms in total. The van der Waals surface area contributed by atoms with Gasteiger partial charge in [0.2, 0.25) is 11.9 Å². The molecule has 0 unspecified atom stereocenters. The maximum Gasteiger partial charge on any atom is 0.258 e. The molecular formula is C13H12N4O2. The summed E-state index contributed by atoms with van der Waals surface area (Å²) in [5, 5.41) is 5.20. The van der Waals surface area contributed by atoms with Crippen LogP contribution in [0.4, 0.5) is 11.6 Å². The lowest BCUT2D eigenvalue weighted by Gasteiger charge is -2.05. The lowest BCUT2D eigenvalue weighted by Crippen LogP contribution is -2.14. The molecule has 0 saturated heterocycles. The zero-order valence-electron chi connectivity index (χ0n) is 10.3. The second-order valence-electron chi connectivity index (χ2n) is 3.79. The summed E-state index contributed by atoms with van der Waals surface area (Å²) in [5.74, 6) is -0.214. The number of carbonyl (C=O) groups excluding carboxylic acids is 2. The maximum atomic E-state index is 11.9. The van der Waals surface area contributed by atoms with Crippen LogP contribution in [0, 0.1) is 0 Å². The SMILES string of the molecule is CC(=O)Nc1ccc(C(=O)Nc2ncccn2)cc1. The quantitative estimate of drug-likeness (QED) is 0.875. The van der Waals surface area contributed by atoms with E-state index in [2.05, 4.69) is 20.6 Å². The van der Waals surface area contributed by atoms with Crippen molar-refractivity contribution in [1.29, 1.82) is 0 Å². The Bertz CT molecular complexity index is 581. The van der Waals surface area contributed by atoms with E-state index in [1.807, 2.05) is 0 Å². The smallest absolute Gasteiger partial charge is 0.258 e. The highest BCUT2D eigenvalue weighted by Gasteiger charge is 2.07. The van der Waals surface area contributed by atoms with Gasteiger partial charge < -0.3 is 5.32 Å². The molecule has 96 valence electrons. The van der Waals surface area contributed by atoms with E-state index in [1.54, 1.807) is 42.7 Å². The molecule has 0 fully saturated rings. The van der Waals surface area contributed by atoms with Gasteiger partial charge in [0.1, 0.15) is 0 Å². The van der Waals surface area contributed by atoms with Gasteiger partial charge in [0.15, 0.2) is 0 Å². The zero-order chi connectivity index (χ0) is 13.7. The van der Waals surface area contributed by atoms with Crippen LogP contribution in [0.5, 0.6) is 0 Å². The number of rotatable bonds is 3. The first kappa shape index (κ1) is 12.7. The highest BCUT2D eigenvalue weighted by molar-refractivity contribution is 6.03. The van der Waals surface area contributed by atoms with Gasteiger partial charge in [-0.1, -0.05) is 0 Å². The Kier molecular flexibility index (Phi) is 3.82. The summed E-state index contributed by atoms with van der Waals surface area (Å²) in [6, 6.07) is 8.20. The molecule has 0 aliphatic rings. The van der Waals surface area contributed by atoms with Gasteiger partial charge in [-0.25, -0.2) is 9.97 Å². The third-order valence-electron chi connectivity index (χ3n) is 2.26. The van der Waals surface area contributed by atoms with Gasteiger partial charge in [-0.05, 0) is 30.3 Å². The molecule has 0 aliphatic heterocycles. The molecule has 2 aromatic rings. The van der Waals surface area contributed by atoms with Crippen molar-refractivity contribution in [2.45, 2.75) is 6.92 Å². The Labute approximate surface area is 109 Å². The number of hydrogen-bond acceptors (Lipinski definition) is 4. The fraction of sp³-hybridized carbons (Fsp3) is 0.0769. The van der Waals surface area contributed by atoms with Crippen LogP contribution in [0.15, 0.2) is 42.7 Å². The molecule has 0 spiro atoms. The summed E-state index contributed by atoms with van der Waals surface area (Å²) in [7, 11) is 0. The summed E-state index contributed by atoms with van der Waals surface area (Å²) in [5.41, 5.74) is 1.10.